The van der Waals surface area contributed by atoms with Crippen molar-refractivity contribution in [1.29, 1.82) is 0 Å². The van der Waals surface area contributed by atoms with Crippen molar-refractivity contribution in [1.82, 2.24) is 15.0 Å². The van der Waals surface area contributed by atoms with Crippen molar-refractivity contribution < 1.29 is 18.3 Å². The minimum Gasteiger partial charge on any atom is -0.393 e. The minimum absolute atomic E-state index is 0.0596. The van der Waals surface area contributed by atoms with Gasteiger partial charge in [0.2, 0.25) is 0 Å². The Morgan fingerprint density at radius 3 is 2.67 bits per heavy atom. The van der Waals surface area contributed by atoms with Gasteiger partial charge in [0.05, 0.1) is 6.10 Å². The van der Waals surface area contributed by atoms with Crippen molar-refractivity contribution in [2.75, 3.05) is 11.9 Å². The van der Waals surface area contributed by atoms with Crippen LogP contribution in [0.5, 0.6) is 0 Å². The maximum atomic E-state index is 13.2. The normalized spacial score (nSPS) is 20.4. The number of pyridine rings is 1. The van der Waals surface area contributed by atoms with Gasteiger partial charge in [0.15, 0.2) is 11.5 Å². The number of hydrogen-bond donors (Lipinski definition) is 2. The number of aliphatic hydroxyl groups is 1. The van der Waals surface area contributed by atoms with E-state index in [4.69, 9.17) is 0 Å². The smallest absolute Gasteiger partial charge is 0.393 e. The van der Waals surface area contributed by atoms with Gasteiger partial charge < -0.3 is 10.4 Å². The lowest BCUT2D eigenvalue weighted by Gasteiger charge is -2.27. The number of hydrogen-bond acceptors (Lipinski definition) is 5. The molecule has 2 atom stereocenters. The molecule has 2 aromatic rings. The van der Waals surface area contributed by atoms with Crippen LogP contribution in [0.2, 0.25) is 0 Å². The van der Waals surface area contributed by atoms with Crippen molar-refractivity contribution in [2.24, 2.45) is 5.92 Å². The number of halogens is 3. The third-order valence-electron chi connectivity index (χ3n) is 4.84. The number of rotatable bonds is 6. The highest BCUT2D eigenvalue weighted by molar-refractivity contribution is 5.53. The first-order valence-electron chi connectivity index (χ1n) is 9.23. The molecular weight excluding hydrogens is 357 g/mol. The predicted molar refractivity (Wildman–Crippen MR) is 96.0 cm³/mol. The predicted octanol–water partition coefficient (Wildman–Crippen LogP) is 4.30. The van der Waals surface area contributed by atoms with Gasteiger partial charge in [-0.05, 0) is 43.7 Å². The largest absolute Gasteiger partial charge is 0.433 e. The van der Waals surface area contributed by atoms with E-state index in [1.807, 2.05) is 0 Å². The van der Waals surface area contributed by atoms with E-state index in [9.17, 15) is 18.3 Å². The van der Waals surface area contributed by atoms with E-state index in [0.29, 0.717) is 6.54 Å². The van der Waals surface area contributed by atoms with Crippen molar-refractivity contribution in [3.8, 4) is 11.5 Å². The number of anilines is 1. The van der Waals surface area contributed by atoms with E-state index in [-0.39, 0.29) is 29.4 Å². The summed E-state index contributed by atoms with van der Waals surface area (Å²) in [6.07, 6.45) is 2.31. The van der Waals surface area contributed by atoms with E-state index < -0.39 is 11.9 Å². The van der Waals surface area contributed by atoms with Crippen LogP contribution in [0.1, 0.15) is 44.2 Å². The number of nitrogens with one attached hydrogen (secondary N) is 1. The molecule has 0 radical (unpaired) electrons. The van der Waals surface area contributed by atoms with Gasteiger partial charge in [-0.1, -0.05) is 18.9 Å². The lowest BCUT2D eigenvalue weighted by molar-refractivity contribution is -0.141. The maximum absolute atomic E-state index is 13.2. The second kappa shape index (κ2) is 8.65. The summed E-state index contributed by atoms with van der Waals surface area (Å²) < 4.78 is 39.5. The van der Waals surface area contributed by atoms with E-state index in [1.165, 1.54) is 6.20 Å². The molecule has 0 aromatic carbocycles. The average molecular weight is 380 g/mol. The summed E-state index contributed by atoms with van der Waals surface area (Å²) in [7, 11) is 0. The fourth-order valence-corrected chi connectivity index (χ4v) is 3.40. The monoisotopic (exact) mass is 380 g/mol. The lowest BCUT2D eigenvalue weighted by Crippen LogP contribution is -2.24. The van der Waals surface area contributed by atoms with Crippen molar-refractivity contribution >= 4 is 5.82 Å². The van der Waals surface area contributed by atoms with Crippen LogP contribution >= 0.6 is 0 Å². The Morgan fingerprint density at radius 2 is 1.96 bits per heavy atom. The third kappa shape index (κ3) is 5.38. The summed E-state index contributed by atoms with van der Waals surface area (Å²) >= 11 is 0. The fraction of sp³-hybridized carbons (Fsp3) is 0.526. The molecule has 2 heterocycles. The average Bonchev–Trinajstić information content (AvgIpc) is 2.66. The summed E-state index contributed by atoms with van der Waals surface area (Å²) in [5, 5.41) is 13.0. The highest BCUT2D eigenvalue weighted by Crippen LogP contribution is 2.31. The van der Waals surface area contributed by atoms with Crippen LogP contribution in [0.15, 0.2) is 30.5 Å². The number of aromatic nitrogens is 3. The summed E-state index contributed by atoms with van der Waals surface area (Å²) in [5.41, 5.74) is -0.708. The zero-order chi connectivity index (χ0) is 19.3. The van der Waals surface area contributed by atoms with Crippen LogP contribution in [-0.2, 0) is 6.18 Å². The summed E-state index contributed by atoms with van der Waals surface area (Å²) in [4.78, 5) is 11.8. The molecule has 1 aliphatic rings. The Labute approximate surface area is 156 Å². The first-order valence-corrected chi connectivity index (χ1v) is 9.23. The molecule has 2 N–H and O–H groups in total. The van der Waals surface area contributed by atoms with Crippen LogP contribution in [0.3, 0.4) is 0 Å². The van der Waals surface area contributed by atoms with E-state index in [2.05, 4.69) is 20.3 Å². The molecule has 1 aliphatic carbocycles. The van der Waals surface area contributed by atoms with Crippen LogP contribution in [0.25, 0.3) is 11.5 Å². The van der Waals surface area contributed by atoms with Crippen LogP contribution < -0.4 is 5.32 Å². The van der Waals surface area contributed by atoms with Gasteiger partial charge >= 0.3 is 6.18 Å². The third-order valence-corrected chi connectivity index (χ3v) is 4.84. The van der Waals surface area contributed by atoms with E-state index in [0.717, 1.165) is 44.6 Å². The molecule has 146 valence electrons. The fourth-order valence-electron chi connectivity index (χ4n) is 3.40. The zero-order valence-corrected chi connectivity index (χ0v) is 14.9. The van der Waals surface area contributed by atoms with Gasteiger partial charge in [-0.25, -0.2) is 9.97 Å². The Kier molecular flexibility index (Phi) is 6.26. The molecule has 0 bridgehead atoms. The highest BCUT2D eigenvalue weighted by Gasteiger charge is 2.34. The van der Waals surface area contributed by atoms with Crippen molar-refractivity contribution in [3.63, 3.8) is 0 Å². The minimum atomic E-state index is -4.56. The van der Waals surface area contributed by atoms with Crippen molar-refractivity contribution in [2.45, 2.75) is 50.8 Å². The molecule has 27 heavy (non-hydrogen) atoms. The summed E-state index contributed by atoms with van der Waals surface area (Å²) in [6.45, 7) is 0.485. The molecule has 1 saturated carbocycles. The number of aliphatic hydroxyl groups excluding tert-OH is 1. The van der Waals surface area contributed by atoms with Gasteiger partial charge in [0.1, 0.15) is 11.5 Å². The number of alkyl halides is 3. The van der Waals surface area contributed by atoms with Gasteiger partial charge in [0.25, 0.3) is 0 Å². The van der Waals surface area contributed by atoms with Crippen LogP contribution in [0.4, 0.5) is 19.0 Å². The van der Waals surface area contributed by atoms with E-state index >= 15 is 0 Å². The van der Waals surface area contributed by atoms with Gasteiger partial charge in [-0.15, -0.1) is 0 Å². The van der Waals surface area contributed by atoms with Crippen LogP contribution in [0, 0.1) is 5.92 Å². The molecular formula is C19H23F3N4O. The Morgan fingerprint density at radius 1 is 1.15 bits per heavy atom. The number of nitrogens with zero attached hydrogens (tertiary/aromatic N) is 3. The topological polar surface area (TPSA) is 70.9 Å². The lowest BCUT2D eigenvalue weighted by atomic mass is 9.83. The molecule has 2 aromatic heterocycles. The quantitative estimate of drug-likeness (QED) is 0.731. The van der Waals surface area contributed by atoms with Crippen LogP contribution in [-0.4, -0.2) is 32.7 Å². The molecule has 0 saturated heterocycles. The molecule has 0 aliphatic heterocycles. The standard InChI is InChI=1S/C19H23F3N4O/c20-19(21,22)16-12-17(26-18(25-16)14-8-3-4-10-23-14)24-11-5-7-13-6-1-2-9-15(13)27/h3-4,8,10,12-13,15,27H,1-2,5-7,9,11H2,(H,24,25,26). The van der Waals surface area contributed by atoms with Gasteiger partial charge in [0, 0.05) is 18.8 Å². The zero-order valence-electron chi connectivity index (χ0n) is 14.9. The SMILES string of the molecule is OC1CCCCC1CCCNc1cc(C(F)(F)F)nc(-c2ccccn2)n1. The first-order chi connectivity index (χ1) is 12.9. The second-order valence-electron chi connectivity index (χ2n) is 6.86. The van der Waals surface area contributed by atoms with Gasteiger partial charge in [-0.3, -0.25) is 4.98 Å². The first kappa shape index (κ1) is 19.5. The van der Waals surface area contributed by atoms with Gasteiger partial charge in [-0.2, -0.15) is 13.2 Å². The Hall–Kier alpha value is -2.22. The summed E-state index contributed by atoms with van der Waals surface area (Å²) in [5.74, 6) is 0.346. The summed E-state index contributed by atoms with van der Waals surface area (Å²) in [6, 6.07) is 5.84. The second-order valence-corrected chi connectivity index (χ2v) is 6.86. The highest BCUT2D eigenvalue weighted by atomic mass is 19.4. The molecule has 0 spiro atoms. The maximum Gasteiger partial charge on any atom is 0.433 e. The Bertz CT molecular complexity index is 739. The molecule has 0 amide bonds. The molecule has 3 rings (SSSR count). The Balaban J connectivity index is 1.67. The molecule has 2 unspecified atom stereocenters. The molecule has 5 nitrogen and oxygen atoms in total. The van der Waals surface area contributed by atoms with E-state index in [1.54, 1.807) is 18.2 Å². The molecule has 8 heteroatoms. The van der Waals surface area contributed by atoms with Crippen molar-refractivity contribution in [3.05, 3.63) is 36.2 Å². The molecule has 1 fully saturated rings.